The van der Waals surface area contributed by atoms with E-state index in [2.05, 4.69) is 10.0 Å². The highest BCUT2D eigenvalue weighted by molar-refractivity contribution is 5.79. The lowest BCUT2D eigenvalue weighted by Gasteiger charge is -2.34. The molecule has 0 spiro atoms. The Morgan fingerprint density at radius 3 is 3.00 bits per heavy atom. The van der Waals surface area contributed by atoms with E-state index in [0.717, 1.165) is 0 Å². The number of likely N-dealkylation sites (tertiary alicyclic amines) is 1. The molecule has 2 fully saturated rings. The van der Waals surface area contributed by atoms with E-state index in [4.69, 9.17) is 10.3 Å². The molecule has 0 N–H and O–H groups in total. The van der Waals surface area contributed by atoms with Crippen LogP contribution in [0.25, 0.3) is 10.4 Å². The van der Waals surface area contributed by atoms with Gasteiger partial charge in [0.1, 0.15) is 0 Å². The summed E-state index contributed by atoms with van der Waals surface area (Å²) < 4.78 is 5.04. The van der Waals surface area contributed by atoms with E-state index >= 15 is 0 Å². The van der Waals surface area contributed by atoms with E-state index in [1.807, 2.05) is 4.90 Å². The molecule has 0 bridgehead atoms. The number of hydrogen-bond donors (Lipinski definition) is 0. The second-order valence-electron chi connectivity index (χ2n) is 3.72. The van der Waals surface area contributed by atoms with Crippen LogP contribution in [0.5, 0.6) is 0 Å². The van der Waals surface area contributed by atoms with Gasteiger partial charge in [-0.1, -0.05) is 5.11 Å². The highest BCUT2D eigenvalue weighted by Crippen LogP contribution is 2.23. The van der Waals surface area contributed by atoms with Gasteiger partial charge in [-0.05, 0) is 11.4 Å². The van der Waals surface area contributed by atoms with Crippen molar-refractivity contribution in [2.75, 3.05) is 26.3 Å². The Morgan fingerprint density at radius 2 is 2.43 bits per heavy atom. The van der Waals surface area contributed by atoms with Gasteiger partial charge in [-0.3, -0.25) is 4.79 Å². The Labute approximate surface area is 81.5 Å². The van der Waals surface area contributed by atoms with Crippen molar-refractivity contribution < 1.29 is 9.53 Å². The number of hydrogen-bond acceptors (Lipinski definition) is 3. The van der Waals surface area contributed by atoms with Crippen molar-refractivity contribution in [3.8, 4) is 0 Å². The van der Waals surface area contributed by atoms with Gasteiger partial charge in [-0.25, -0.2) is 0 Å². The number of rotatable bonds is 3. The zero-order valence-electron chi connectivity index (χ0n) is 7.80. The second-order valence-corrected chi connectivity index (χ2v) is 3.72. The van der Waals surface area contributed by atoms with E-state index in [1.54, 1.807) is 0 Å². The van der Waals surface area contributed by atoms with Crippen LogP contribution in [0.15, 0.2) is 5.11 Å². The average molecular weight is 196 g/mol. The standard InChI is InChI=1S/C8H12N4O2/c9-11-10-2-6-1-8(13)12(3-6)7-4-14-5-7/h6-7H,1-5H2. The Morgan fingerprint density at radius 1 is 1.64 bits per heavy atom. The Balaban J connectivity index is 1.89. The Bertz CT molecular complexity index is 283. The summed E-state index contributed by atoms with van der Waals surface area (Å²) in [4.78, 5) is 16.1. The summed E-state index contributed by atoms with van der Waals surface area (Å²) in [6.45, 7) is 2.44. The minimum Gasteiger partial charge on any atom is -0.377 e. The van der Waals surface area contributed by atoms with Gasteiger partial charge in [0.05, 0.1) is 19.3 Å². The quantitative estimate of drug-likeness (QED) is 0.375. The lowest BCUT2D eigenvalue weighted by atomic mass is 10.1. The van der Waals surface area contributed by atoms with Crippen molar-refractivity contribution >= 4 is 5.91 Å². The average Bonchev–Trinajstić information content (AvgIpc) is 2.42. The third-order valence-corrected chi connectivity index (χ3v) is 2.70. The smallest absolute Gasteiger partial charge is 0.223 e. The molecule has 1 amide bonds. The van der Waals surface area contributed by atoms with Gasteiger partial charge in [0.2, 0.25) is 5.91 Å². The van der Waals surface area contributed by atoms with E-state index in [0.29, 0.717) is 32.7 Å². The molecule has 6 nitrogen and oxygen atoms in total. The summed E-state index contributed by atoms with van der Waals surface area (Å²) in [6, 6.07) is 0.263. The molecule has 2 aliphatic heterocycles. The Hall–Kier alpha value is -1.26. The summed E-state index contributed by atoms with van der Waals surface area (Å²) in [5.74, 6) is 0.357. The molecular formula is C8H12N4O2. The van der Waals surface area contributed by atoms with E-state index < -0.39 is 0 Å². The first kappa shape index (κ1) is 9.30. The molecular weight excluding hydrogens is 184 g/mol. The maximum atomic E-state index is 11.5. The van der Waals surface area contributed by atoms with Crippen LogP contribution in [0.4, 0.5) is 0 Å². The number of amides is 1. The first-order chi connectivity index (χ1) is 6.81. The first-order valence-electron chi connectivity index (χ1n) is 4.69. The van der Waals surface area contributed by atoms with Crippen LogP contribution in [0.1, 0.15) is 6.42 Å². The summed E-state index contributed by atoms with van der Waals surface area (Å²) in [6.07, 6.45) is 0.509. The molecule has 76 valence electrons. The second kappa shape index (κ2) is 3.86. The molecule has 1 unspecified atom stereocenters. The van der Waals surface area contributed by atoms with Gasteiger partial charge in [-0.15, -0.1) is 0 Å². The SMILES string of the molecule is [N-]=[N+]=NCC1CC(=O)N(C2COC2)C1. The first-order valence-corrected chi connectivity index (χ1v) is 4.69. The Kier molecular flexibility index (Phi) is 2.56. The highest BCUT2D eigenvalue weighted by atomic mass is 16.5. The molecule has 0 aromatic carbocycles. The van der Waals surface area contributed by atoms with Crippen molar-refractivity contribution in [1.82, 2.24) is 4.90 Å². The summed E-state index contributed by atoms with van der Waals surface area (Å²) in [5, 5.41) is 3.50. The summed E-state index contributed by atoms with van der Waals surface area (Å²) >= 11 is 0. The lowest BCUT2D eigenvalue weighted by molar-refractivity contribution is -0.139. The predicted octanol–water partition coefficient (Wildman–Crippen LogP) is 0.544. The van der Waals surface area contributed by atoms with Gasteiger partial charge in [0, 0.05) is 24.4 Å². The molecule has 0 aliphatic carbocycles. The van der Waals surface area contributed by atoms with Gasteiger partial charge < -0.3 is 9.64 Å². The van der Waals surface area contributed by atoms with Crippen LogP contribution in [-0.2, 0) is 9.53 Å². The third kappa shape index (κ3) is 1.66. The van der Waals surface area contributed by atoms with Crippen molar-refractivity contribution in [3.05, 3.63) is 10.4 Å². The van der Waals surface area contributed by atoms with Crippen LogP contribution in [-0.4, -0.2) is 43.2 Å². The van der Waals surface area contributed by atoms with E-state index in [9.17, 15) is 4.79 Å². The van der Waals surface area contributed by atoms with Gasteiger partial charge in [0.25, 0.3) is 0 Å². The summed E-state index contributed by atoms with van der Waals surface area (Å²) in [7, 11) is 0. The van der Waals surface area contributed by atoms with Gasteiger partial charge >= 0.3 is 0 Å². The molecule has 1 atom stereocenters. The van der Waals surface area contributed by atoms with E-state index in [1.165, 1.54) is 0 Å². The van der Waals surface area contributed by atoms with Crippen LogP contribution in [0.3, 0.4) is 0 Å². The minimum atomic E-state index is 0.163. The predicted molar refractivity (Wildman–Crippen MR) is 48.4 cm³/mol. The van der Waals surface area contributed by atoms with Gasteiger partial charge in [-0.2, -0.15) is 0 Å². The molecule has 0 radical (unpaired) electrons. The van der Waals surface area contributed by atoms with Gasteiger partial charge in [0.15, 0.2) is 0 Å². The summed E-state index contributed by atoms with van der Waals surface area (Å²) in [5.41, 5.74) is 8.16. The fourth-order valence-corrected chi connectivity index (χ4v) is 1.84. The fourth-order valence-electron chi connectivity index (χ4n) is 1.84. The molecule has 2 aliphatic rings. The number of carbonyl (C=O) groups is 1. The van der Waals surface area contributed by atoms with E-state index in [-0.39, 0.29) is 17.9 Å². The lowest BCUT2D eigenvalue weighted by Crippen LogP contribution is -2.49. The normalized spacial score (nSPS) is 27.3. The largest absolute Gasteiger partial charge is 0.377 e. The molecule has 6 heteroatoms. The molecule has 0 saturated carbocycles. The monoisotopic (exact) mass is 196 g/mol. The topological polar surface area (TPSA) is 78.3 Å². The van der Waals surface area contributed by atoms with Crippen LogP contribution < -0.4 is 0 Å². The molecule has 14 heavy (non-hydrogen) atoms. The number of carbonyl (C=O) groups excluding carboxylic acids is 1. The van der Waals surface area contributed by atoms with Crippen LogP contribution >= 0.6 is 0 Å². The van der Waals surface area contributed by atoms with Crippen molar-refractivity contribution in [2.45, 2.75) is 12.5 Å². The number of azide groups is 1. The maximum absolute atomic E-state index is 11.5. The van der Waals surface area contributed by atoms with Crippen molar-refractivity contribution in [1.29, 1.82) is 0 Å². The molecule has 2 rings (SSSR count). The maximum Gasteiger partial charge on any atom is 0.223 e. The van der Waals surface area contributed by atoms with Crippen LogP contribution in [0.2, 0.25) is 0 Å². The van der Waals surface area contributed by atoms with Crippen molar-refractivity contribution in [3.63, 3.8) is 0 Å². The van der Waals surface area contributed by atoms with Crippen molar-refractivity contribution in [2.24, 2.45) is 11.0 Å². The highest BCUT2D eigenvalue weighted by Gasteiger charge is 2.36. The zero-order valence-corrected chi connectivity index (χ0v) is 7.80. The number of ether oxygens (including phenoxy) is 1. The molecule has 0 aromatic heterocycles. The molecule has 2 heterocycles. The molecule has 0 aromatic rings. The van der Waals surface area contributed by atoms with Crippen LogP contribution in [0, 0.1) is 5.92 Å². The minimum absolute atomic E-state index is 0.163. The third-order valence-electron chi connectivity index (χ3n) is 2.70. The zero-order chi connectivity index (χ0) is 9.97. The molecule has 2 saturated heterocycles. The number of nitrogens with zero attached hydrogens (tertiary/aromatic N) is 4. The fraction of sp³-hybridized carbons (Fsp3) is 0.875.